The van der Waals surface area contributed by atoms with E-state index in [4.69, 9.17) is 0 Å². The zero-order valence-electron chi connectivity index (χ0n) is 22.7. The molecule has 4 heteroatoms. The zero-order chi connectivity index (χ0) is 24.4. The molecule has 1 aromatic carbocycles. The first kappa shape index (κ1) is 28.4. The summed E-state index contributed by atoms with van der Waals surface area (Å²) in [7, 11) is 0. The van der Waals surface area contributed by atoms with Crippen molar-refractivity contribution in [2.75, 3.05) is 0 Å². The largest absolute Gasteiger partial charge is 1.00 e. The summed E-state index contributed by atoms with van der Waals surface area (Å²) >= 11 is 1.96. The number of ketones is 1. The number of hydrogen-bond donors (Lipinski definition) is 0. The number of nitrogens with zero attached hydrogens (tertiary/aromatic N) is 1. The van der Waals surface area contributed by atoms with Crippen molar-refractivity contribution in [2.24, 2.45) is 35.5 Å². The van der Waals surface area contributed by atoms with Gasteiger partial charge in [0, 0.05) is 17.9 Å². The number of halogens is 1. The van der Waals surface area contributed by atoms with Crippen LogP contribution in [0, 0.1) is 35.5 Å². The van der Waals surface area contributed by atoms with Gasteiger partial charge in [-0.25, -0.2) is 0 Å². The Morgan fingerprint density at radius 3 is 2.14 bits per heavy atom. The third-order valence-corrected chi connectivity index (χ3v) is 10.1. The molecule has 0 bridgehead atoms. The van der Waals surface area contributed by atoms with Crippen LogP contribution in [0.15, 0.2) is 35.7 Å². The molecule has 0 N–H and O–H groups in total. The third kappa shape index (κ3) is 6.39. The average Bonchev–Trinajstić information content (AvgIpc) is 3.22. The lowest BCUT2D eigenvalue weighted by Crippen LogP contribution is -3.00. The molecular weight excluding hydrogens is 470 g/mol. The Kier molecular flexibility index (Phi) is 10.0. The number of thiazole rings is 1. The fourth-order valence-electron chi connectivity index (χ4n) is 6.98. The van der Waals surface area contributed by atoms with Crippen molar-refractivity contribution in [1.29, 1.82) is 0 Å². The van der Waals surface area contributed by atoms with E-state index in [0.29, 0.717) is 36.1 Å². The maximum absolute atomic E-state index is 13.3. The summed E-state index contributed by atoms with van der Waals surface area (Å²) in [5, 5.41) is 3.93. The lowest BCUT2D eigenvalue weighted by Gasteiger charge is -2.38. The Morgan fingerprint density at radius 1 is 0.914 bits per heavy atom. The molecule has 0 aliphatic heterocycles. The van der Waals surface area contributed by atoms with Crippen LogP contribution in [0.1, 0.15) is 113 Å². The van der Waals surface area contributed by atoms with Gasteiger partial charge in [0.1, 0.15) is 0 Å². The molecule has 2 aliphatic carbocycles. The SMILES string of the molecule is CC1CCC(C(C)C)C(c2scc(CC(=O)c3ccccc3)[n+]2C2CC(C)CCC2C(C)C)C1.[Cl-]. The van der Waals surface area contributed by atoms with Crippen molar-refractivity contribution in [3.05, 3.63) is 52.0 Å². The van der Waals surface area contributed by atoms with Gasteiger partial charge < -0.3 is 12.4 Å². The highest BCUT2D eigenvalue weighted by molar-refractivity contribution is 7.09. The van der Waals surface area contributed by atoms with Gasteiger partial charge in [-0.2, -0.15) is 4.57 Å². The molecule has 0 amide bonds. The second-order valence-electron chi connectivity index (χ2n) is 12.2. The molecule has 35 heavy (non-hydrogen) atoms. The minimum atomic E-state index is 0. The quantitative estimate of drug-likeness (QED) is 0.363. The van der Waals surface area contributed by atoms with Gasteiger partial charge in [-0.1, -0.05) is 89.6 Å². The summed E-state index contributed by atoms with van der Waals surface area (Å²) in [6.07, 6.45) is 8.42. The summed E-state index contributed by atoms with van der Waals surface area (Å²) in [6.45, 7) is 14.5. The maximum atomic E-state index is 13.3. The second-order valence-corrected chi connectivity index (χ2v) is 13.1. The summed E-state index contributed by atoms with van der Waals surface area (Å²) in [5.41, 5.74) is 2.10. The molecule has 0 spiro atoms. The van der Waals surface area contributed by atoms with Crippen molar-refractivity contribution in [1.82, 2.24) is 0 Å². The highest BCUT2D eigenvalue weighted by Gasteiger charge is 2.45. The van der Waals surface area contributed by atoms with Crippen LogP contribution in [-0.2, 0) is 6.42 Å². The van der Waals surface area contributed by atoms with E-state index in [1.54, 1.807) is 5.01 Å². The minimum Gasteiger partial charge on any atom is -1.00 e. The van der Waals surface area contributed by atoms with Crippen LogP contribution in [0.2, 0.25) is 0 Å². The number of Topliss-reactive ketones (excluding diaryl/α,β-unsaturated/α-hetero) is 1. The van der Waals surface area contributed by atoms with Crippen molar-refractivity contribution < 1.29 is 21.8 Å². The Labute approximate surface area is 224 Å². The van der Waals surface area contributed by atoms with E-state index in [1.165, 1.54) is 44.2 Å². The van der Waals surface area contributed by atoms with E-state index < -0.39 is 0 Å². The van der Waals surface area contributed by atoms with Gasteiger partial charge in [0.25, 0.3) is 0 Å². The first-order valence-electron chi connectivity index (χ1n) is 13.9. The van der Waals surface area contributed by atoms with E-state index in [0.717, 1.165) is 23.3 Å². The van der Waals surface area contributed by atoms with E-state index in [9.17, 15) is 4.79 Å². The molecule has 194 valence electrons. The molecule has 2 aromatic rings. The number of benzene rings is 1. The van der Waals surface area contributed by atoms with Crippen molar-refractivity contribution >= 4 is 17.1 Å². The molecule has 0 radical (unpaired) electrons. The maximum Gasteiger partial charge on any atom is 0.241 e. The van der Waals surface area contributed by atoms with Gasteiger partial charge in [0.05, 0.1) is 17.7 Å². The van der Waals surface area contributed by atoms with Crippen LogP contribution in [0.25, 0.3) is 0 Å². The average molecular weight is 516 g/mol. The predicted molar refractivity (Wildman–Crippen MR) is 143 cm³/mol. The van der Waals surface area contributed by atoms with Gasteiger partial charge in [-0.15, -0.1) is 0 Å². The summed E-state index contributed by atoms with van der Waals surface area (Å²) < 4.78 is 2.74. The summed E-state index contributed by atoms with van der Waals surface area (Å²) in [5.74, 6) is 5.23. The summed E-state index contributed by atoms with van der Waals surface area (Å²) in [6, 6.07) is 10.4. The smallest absolute Gasteiger partial charge is 0.241 e. The Morgan fingerprint density at radius 2 is 1.51 bits per heavy atom. The molecule has 2 fully saturated rings. The Hall–Kier alpha value is -1.19. The molecule has 2 aliphatic rings. The van der Waals surface area contributed by atoms with E-state index in [2.05, 4.69) is 51.5 Å². The first-order chi connectivity index (χ1) is 16.3. The lowest BCUT2D eigenvalue weighted by atomic mass is 9.69. The molecule has 6 atom stereocenters. The lowest BCUT2D eigenvalue weighted by molar-refractivity contribution is -0.743. The van der Waals surface area contributed by atoms with Crippen molar-refractivity contribution in [2.45, 2.75) is 98.4 Å². The van der Waals surface area contributed by atoms with E-state index in [1.807, 2.05) is 41.7 Å². The standard InChI is InChI=1S/C31H46NOS.ClH/c1-20(2)26-14-12-22(5)16-28(26)31-32(29-17-23(6)13-15-27(29)21(3)4)25(19-34-31)18-30(33)24-10-8-7-9-11-24;/h7-11,19-23,26-29H,12-18H2,1-6H3;1H/q+1;/p-1. The Balaban J connectivity index is 0.00000342. The molecule has 1 aromatic heterocycles. The zero-order valence-corrected chi connectivity index (χ0v) is 24.2. The highest BCUT2D eigenvalue weighted by Crippen LogP contribution is 2.46. The number of carbonyl (C=O) groups excluding carboxylic acids is 1. The molecule has 4 rings (SSSR count). The van der Waals surface area contributed by atoms with Gasteiger partial charge in [-0.3, -0.25) is 4.79 Å². The normalized spacial score (nSPS) is 29.3. The van der Waals surface area contributed by atoms with Gasteiger partial charge in [0.2, 0.25) is 5.01 Å². The van der Waals surface area contributed by atoms with Crippen LogP contribution in [0.5, 0.6) is 0 Å². The van der Waals surface area contributed by atoms with Gasteiger partial charge >= 0.3 is 0 Å². The van der Waals surface area contributed by atoms with E-state index >= 15 is 0 Å². The number of carbonyl (C=O) groups is 1. The molecule has 6 unspecified atom stereocenters. The summed E-state index contributed by atoms with van der Waals surface area (Å²) in [4.78, 5) is 13.3. The van der Waals surface area contributed by atoms with Crippen molar-refractivity contribution in [3.8, 4) is 0 Å². The number of hydrogen-bond acceptors (Lipinski definition) is 2. The fourth-order valence-corrected chi connectivity index (χ4v) is 8.24. The molecule has 2 nitrogen and oxygen atoms in total. The molecule has 1 heterocycles. The van der Waals surface area contributed by atoms with Crippen LogP contribution in [0.4, 0.5) is 0 Å². The number of rotatable bonds is 7. The van der Waals surface area contributed by atoms with Gasteiger partial charge in [-0.05, 0) is 55.3 Å². The first-order valence-corrected chi connectivity index (χ1v) is 14.7. The number of aromatic nitrogens is 1. The Bertz CT molecular complexity index is 952. The van der Waals surface area contributed by atoms with Crippen LogP contribution in [0.3, 0.4) is 0 Å². The monoisotopic (exact) mass is 515 g/mol. The van der Waals surface area contributed by atoms with Crippen LogP contribution < -0.4 is 17.0 Å². The van der Waals surface area contributed by atoms with E-state index in [-0.39, 0.29) is 18.2 Å². The molecule has 0 saturated heterocycles. The fraction of sp³-hybridized carbons (Fsp3) is 0.677. The molecular formula is C31H46ClNOS. The minimum absolute atomic E-state index is 0. The molecule has 2 saturated carbocycles. The predicted octanol–water partition coefficient (Wildman–Crippen LogP) is 5.27. The van der Waals surface area contributed by atoms with Crippen LogP contribution >= 0.6 is 11.3 Å². The van der Waals surface area contributed by atoms with Crippen molar-refractivity contribution in [3.63, 3.8) is 0 Å². The third-order valence-electron chi connectivity index (χ3n) is 8.96. The van der Waals surface area contributed by atoms with Gasteiger partial charge in [0.15, 0.2) is 17.5 Å². The highest BCUT2D eigenvalue weighted by atomic mass is 35.5. The second kappa shape index (κ2) is 12.4. The topological polar surface area (TPSA) is 20.9 Å². The van der Waals surface area contributed by atoms with Crippen LogP contribution in [-0.4, -0.2) is 5.78 Å².